The van der Waals surface area contributed by atoms with Crippen LogP contribution >= 0.6 is 0 Å². The monoisotopic (exact) mass is 372 g/mol. The molecule has 1 aromatic heterocycles. The second kappa shape index (κ2) is 11.2. The molecule has 1 aromatic rings. The Labute approximate surface area is 151 Å². The van der Waals surface area contributed by atoms with Crippen molar-refractivity contribution in [3.05, 3.63) is 17.7 Å². The third-order valence-corrected chi connectivity index (χ3v) is 6.87. The zero-order valence-electron chi connectivity index (χ0n) is 16.1. The van der Waals surface area contributed by atoms with Crippen molar-refractivity contribution in [2.24, 2.45) is 0 Å². The van der Waals surface area contributed by atoms with Crippen LogP contribution in [0.1, 0.15) is 31.3 Å². The third kappa shape index (κ3) is 7.15. The highest BCUT2D eigenvalue weighted by atomic mass is 28.4. The largest absolute Gasteiger partial charge is 0.500 e. The van der Waals surface area contributed by atoms with Crippen molar-refractivity contribution in [1.29, 1.82) is 0 Å². The lowest BCUT2D eigenvalue weighted by Crippen LogP contribution is -2.43. The molecule has 2 amide bonds. The van der Waals surface area contributed by atoms with E-state index in [1.807, 2.05) is 6.92 Å². The summed E-state index contributed by atoms with van der Waals surface area (Å²) in [7, 11) is 2.22. The summed E-state index contributed by atoms with van der Waals surface area (Å²) in [6.45, 7) is 6.12. The Balaban J connectivity index is 2.17. The zero-order valence-corrected chi connectivity index (χ0v) is 17.1. The minimum atomic E-state index is -2.55. The quantitative estimate of drug-likeness (QED) is 0.431. The Morgan fingerprint density at radius 2 is 1.76 bits per heavy atom. The summed E-state index contributed by atoms with van der Waals surface area (Å²) in [6.07, 6.45) is 4.57. The van der Waals surface area contributed by atoms with Crippen LogP contribution in [0.5, 0.6) is 0 Å². The second-order valence-electron chi connectivity index (χ2n) is 5.78. The van der Waals surface area contributed by atoms with Gasteiger partial charge >= 0.3 is 14.8 Å². The Bertz CT molecular complexity index is 512. The van der Waals surface area contributed by atoms with E-state index in [1.54, 1.807) is 21.3 Å². The summed E-state index contributed by atoms with van der Waals surface area (Å²) in [5.41, 5.74) is 1.03. The molecule has 0 spiro atoms. The van der Waals surface area contributed by atoms with Crippen LogP contribution in [0.15, 0.2) is 6.20 Å². The summed E-state index contributed by atoms with van der Waals surface area (Å²) in [5, 5.41) is 5.71. The number of hydrogen-bond acceptors (Lipinski definition) is 5. The zero-order chi connectivity index (χ0) is 18.7. The maximum absolute atomic E-state index is 11.8. The summed E-state index contributed by atoms with van der Waals surface area (Å²) in [6, 6.07) is 0.508. The molecule has 0 bridgehead atoms. The first-order chi connectivity index (χ1) is 12.0. The molecule has 0 aliphatic rings. The van der Waals surface area contributed by atoms with E-state index in [2.05, 4.69) is 33.3 Å². The maximum atomic E-state index is 11.8. The van der Waals surface area contributed by atoms with Crippen molar-refractivity contribution in [3.8, 4) is 0 Å². The van der Waals surface area contributed by atoms with Gasteiger partial charge in [0.1, 0.15) is 5.82 Å². The van der Waals surface area contributed by atoms with E-state index in [-0.39, 0.29) is 6.03 Å². The SMILES string of the molecule is CCc1nc(C)cn1CCCNC(=O)NCCC[Si](OC)(OC)OC. The van der Waals surface area contributed by atoms with Crippen molar-refractivity contribution in [1.82, 2.24) is 20.2 Å². The van der Waals surface area contributed by atoms with E-state index in [1.165, 1.54) is 0 Å². The molecule has 0 radical (unpaired) electrons. The minimum absolute atomic E-state index is 0.156. The molecule has 0 atom stereocenters. The number of carbonyl (C=O) groups is 1. The number of nitrogens with one attached hydrogen (secondary N) is 2. The van der Waals surface area contributed by atoms with Gasteiger partial charge in [-0.05, 0) is 19.8 Å². The average Bonchev–Trinajstić information content (AvgIpc) is 2.99. The van der Waals surface area contributed by atoms with Crippen molar-refractivity contribution < 1.29 is 18.1 Å². The molecular weight excluding hydrogens is 340 g/mol. The maximum Gasteiger partial charge on any atom is 0.500 e. The molecule has 8 nitrogen and oxygen atoms in total. The van der Waals surface area contributed by atoms with Crippen LogP contribution in [0, 0.1) is 6.92 Å². The van der Waals surface area contributed by atoms with Crippen molar-refractivity contribution >= 4 is 14.8 Å². The van der Waals surface area contributed by atoms with Crippen LogP contribution in [-0.4, -0.2) is 58.8 Å². The lowest BCUT2D eigenvalue weighted by Gasteiger charge is -2.24. The molecule has 0 aliphatic carbocycles. The molecule has 0 unspecified atom stereocenters. The first kappa shape index (κ1) is 21.6. The predicted molar refractivity (Wildman–Crippen MR) is 98.6 cm³/mol. The van der Waals surface area contributed by atoms with E-state index in [0.717, 1.165) is 37.3 Å². The second-order valence-corrected chi connectivity index (χ2v) is 8.87. The van der Waals surface area contributed by atoms with Crippen LogP contribution in [0.2, 0.25) is 6.04 Å². The van der Waals surface area contributed by atoms with Crippen LogP contribution in [0.3, 0.4) is 0 Å². The standard InChI is InChI=1S/C16H32N4O4Si/c1-6-15-19-14(2)13-20(15)11-7-9-17-16(21)18-10-8-12-25(22-3,23-4)24-5/h13H,6-12H2,1-5H3,(H2,17,18,21). The minimum Gasteiger partial charge on any atom is -0.377 e. The van der Waals surface area contributed by atoms with E-state index in [0.29, 0.717) is 19.1 Å². The average molecular weight is 373 g/mol. The van der Waals surface area contributed by atoms with Gasteiger partial charge in [-0.2, -0.15) is 0 Å². The summed E-state index contributed by atoms with van der Waals surface area (Å²) in [4.78, 5) is 16.3. The summed E-state index contributed by atoms with van der Waals surface area (Å²) >= 11 is 0. The number of imidazole rings is 1. The van der Waals surface area contributed by atoms with Gasteiger partial charge in [-0.15, -0.1) is 0 Å². The van der Waals surface area contributed by atoms with Gasteiger partial charge in [0.25, 0.3) is 0 Å². The topological polar surface area (TPSA) is 86.6 Å². The summed E-state index contributed by atoms with van der Waals surface area (Å²) < 4.78 is 18.2. The smallest absolute Gasteiger partial charge is 0.377 e. The molecule has 25 heavy (non-hydrogen) atoms. The number of aromatic nitrogens is 2. The molecule has 1 rings (SSSR count). The van der Waals surface area contributed by atoms with Gasteiger partial charge in [-0.25, -0.2) is 9.78 Å². The van der Waals surface area contributed by atoms with E-state index in [4.69, 9.17) is 13.3 Å². The molecule has 1 heterocycles. The van der Waals surface area contributed by atoms with E-state index < -0.39 is 8.80 Å². The Kier molecular flexibility index (Phi) is 9.72. The molecule has 144 valence electrons. The molecule has 9 heteroatoms. The Morgan fingerprint density at radius 1 is 1.16 bits per heavy atom. The van der Waals surface area contributed by atoms with Gasteiger partial charge in [0.05, 0.1) is 5.69 Å². The number of hydrogen-bond donors (Lipinski definition) is 2. The Morgan fingerprint density at radius 3 is 2.32 bits per heavy atom. The molecule has 0 saturated carbocycles. The van der Waals surface area contributed by atoms with E-state index >= 15 is 0 Å². The fourth-order valence-electron chi connectivity index (χ4n) is 2.65. The van der Waals surface area contributed by atoms with Gasteiger partial charge in [-0.1, -0.05) is 6.92 Å². The fourth-order valence-corrected chi connectivity index (χ4v) is 4.37. The Hall–Kier alpha value is -1.42. The van der Waals surface area contributed by atoms with Crippen LogP contribution in [0.4, 0.5) is 4.79 Å². The number of aryl methyl sites for hydroxylation is 3. The lowest BCUT2D eigenvalue weighted by molar-refractivity contribution is 0.123. The molecule has 0 fully saturated rings. The molecule has 0 saturated heterocycles. The van der Waals surface area contributed by atoms with Crippen LogP contribution in [0.25, 0.3) is 0 Å². The van der Waals surface area contributed by atoms with Crippen LogP contribution in [-0.2, 0) is 26.2 Å². The normalized spacial score (nSPS) is 11.6. The number of amides is 2. The fraction of sp³-hybridized carbons (Fsp3) is 0.750. The van der Waals surface area contributed by atoms with Crippen molar-refractivity contribution in [2.75, 3.05) is 34.4 Å². The first-order valence-corrected chi connectivity index (χ1v) is 10.6. The number of rotatable bonds is 12. The van der Waals surface area contributed by atoms with Gasteiger partial charge in [-0.3, -0.25) is 0 Å². The number of urea groups is 1. The van der Waals surface area contributed by atoms with Crippen molar-refractivity contribution in [3.63, 3.8) is 0 Å². The predicted octanol–water partition coefficient (Wildman–Crippen LogP) is 1.71. The molecule has 2 N–H and O–H groups in total. The van der Waals surface area contributed by atoms with Gasteiger partial charge in [0.2, 0.25) is 0 Å². The molecular formula is C16H32N4O4Si. The highest BCUT2D eigenvalue weighted by Gasteiger charge is 2.36. The number of nitrogens with zero attached hydrogens (tertiary/aromatic N) is 2. The van der Waals surface area contributed by atoms with Gasteiger partial charge in [0, 0.05) is 59.6 Å². The molecule has 0 aliphatic heterocycles. The molecule has 0 aromatic carbocycles. The van der Waals surface area contributed by atoms with E-state index in [9.17, 15) is 4.79 Å². The van der Waals surface area contributed by atoms with Gasteiger partial charge < -0.3 is 28.5 Å². The third-order valence-electron chi connectivity index (χ3n) is 4.04. The lowest BCUT2D eigenvalue weighted by atomic mass is 10.4. The number of carbonyl (C=O) groups excluding carboxylic acids is 1. The highest BCUT2D eigenvalue weighted by Crippen LogP contribution is 2.14. The first-order valence-electron chi connectivity index (χ1n) is 8.70. The van der Waals surface area contributed by atoms with Crippen molar-refractivity contribution in [2.45, 2.75) is 45.7 Å². The highest BCUT2D eigenvalue weighted by molar-refractivity contribution is 6.60. The van der Waals surface area contributed by atoms with Gasteiger partial charge in [0.15, 0.2) is 0 Å². The summed E-state index contributed by atoms with van der Waals surface area (Å²) in [5.74, 6) is 1.09. The van der Waals surface area contributed by atoms with Crippen LogP contribution < -0.4 is 10.6 Å².